The van der Waals surface area contributed by atoms with E-state index in [1.54, 1.807) is 19.2 Å². The number of benzene rings is 2. The minimum Gasteiger partial charge on any atom is -0.497 e. The lowest BCUT2D eigenvalue weighted by Crippen LogP contribution is -2.30. The van der Waals surface area contributed by atoms with Crippen molar-refractivity contribution in [2.45, 2.75) is 36.8 Å². The summed E-state index contributed by atoms with van der Waals surface area (Å²) in [6.07, 6.45) is 0. The van der Waals surface area contributed by atoms with E-state index in [1.165, 1.54) is 23.9 Å². The number of nitrogens with zero attached hydrogens (tertiary/aromatic N) is 4. The number of hydrogen-bond donors (Lipinski definition) is 1. The Labute approximate surface area is 192 Å². The number of amides is 1. The van der Waals surface area contributed by atoms with Gasteiger partial charge < -0.3 is 10.1 Å². The zero-order valence-electron chi connectivity index (χ0n) is 18.9. The zero-order chi connectivity index (χ0) is 23.3. The smallest absolute Gasteiger partial charge is 0.233 e. The maximum Gasteiger partial charge on any atom is 0.233 e. The minimum atomic E-state index is -0.404. The minimum absolute atomic E-state index is 0.0268. The average Bonchev–Trinajstić information content (AvgIpc) is 3.20. The molecule has 0 saturated carbocycles. The molecule has 2 atom stereocenters. The van der Waals surface area contributed by atoms with Gasteiger partial charge in [0.2, 0.25) is 5.91 Å². The van der Waals surface area contributed by atoms with E-state index in [4.69, 9.17) is 4.74 Å². The van der Waals surface area contributed by atoms with E-state index in [9.17, 15) is 9.18 Å². The lowest BCUT2D eigenvalue weighted by Gasteiger charge is -2.21. The number of halogens is 1. The molecule has 3 rings (SSSR count). The molecule has 32 heavy (non-hydrogen) atoms. The van der Waals surface area contributed by atoms with E-state index in [1.807, 2.05) is 61.7 Å². The van der Waals surface area contributed by atoms with E-state index in [-0.39, 0.29) is 17.8 Å². The van der Waals surface area contributed by atoms with Gasteiger partial charge in [-0.1, -0.05) is 23.9 Å². The van der Waals surface area contributed by atoms with Crippen LogP contribution in [0.4, 0.5) is 4.39 Å². The van der Waals surface area contributed by atoms with Gasteiger partial charge in [0, 0.05) is 12.2 Å². The monoisotopic (exact) mass is 457 g/mol. The number of methoxy groups -OCH3 is 1. The zero-order valence-corrected chi connectivity index (χ0v) is 19.7. The summed E-state index contributed by atoms with van der Waals surface area (Å²) >= 11 is 1.31. The van der Waals surface area contributed by atoms with Gasteiger partial charge in [-0.2, -0.15) is 0 Å². The average molecular weight is 458 g/mol. The highest BCUT2D eigenvalue weighted by molar-refractivity contribution is 8.00. The molecule has 0 aliphatic heterocycles. The molecule has 0 saturated heterocycles. The third-order valence-corrected chi connectivity index (χ3v) is 6.21. The molecule has 1 N–H and O–H groups in total. The van der Waals surface area contributed by atoms with Gasteiger partial charge in [-0.15, -0.1) is 10.2 Å². The van der Waals surface area contributed by atoms with Crippen molar-refractivity contribution < 1.29 is 13.9 Å². The number of ether oxygens (including phenoxy) is 1. The number of rotatable bonds is 9. The molecular formula is C23H28FN5O2S. The maximum atomic E-state index is 13.5. The number of carbonyl (C=O) groups is 1. The van der Waals surface area contributed by atoms with Crippen LogP contribution >= 0.6 is 11.8 Å². The molecule has 0 bridgehead atoms. The van der Waals surface area contributed by atoms with E-state index < -0.39 is 5.25 Å². The van der Waals surface area contributed by atoms with Gasteiger partial charge in [-0.25, -0.2) is 4.39 Å². The van der Waals surface area contributed by atoms with Gasteiger partial charge in [0.05, 0.1) is 18.4 Å². The van der Waals surface area contributed by atoms with E-state index in [2.05, 4.69) is 15.5 Å². The van der Waals surface area contributed by atoms with Gasteiger partial charge in [0.25, 0.3) is 0 Å². The van der Waals surface area contributed by atoms with Crippen molar-refractivity contribution in [2.75, 3.05) is 21.2 Å². The fourth-order valence-electron chi connectivity index (χ4n) is 2.98. The molecule has 1 aromatic heterocycles. The Bertz CT molecular complexity index is 1040. The van der Waals surface area contributed by atoms with Crippen molar-refractivity contribution in [1.29, 1.82) is 0 Å². The number of carbonyl (C=O) groups excluding carboxylic acids is 1. The van der Waals surface area contributed by atoms with Crippen LogP contribution in [0.3, 0.4) is 0 Å². The molecule has 9 heteroatoms. The van der Waals surface area contributed by atoms with Gasteiger partial charge in [-0.05, 0) is 69.9 Å². The largest absolute Gasteiger partial charge is 0.497 e. The summed E-state index contributed by atoms with van der Waals surface area (Å²) in [4.78, 5) is 14.7. The first-order valence-corrected chi connectivity index (χ1v) is 11.1. The van der Waals surface area contributed by atoms with Crippen LogP contribution < -0.4 is 10.1 Å². The molecule has 0 radical (unpaired) electrons. The van der Waals surface area contributed by atoms with Crippen molar-refractivity contribution in [3.63, 3.8) is 0 Å². The predicted molar refractivity (Wildman–Crippen MR) is 124 cm³/mol. The standard InChI is InChI=1S/C23H28FN5O2S/c1-15(28(3)4)21-26-27-23(29(21)19-10-8-18(24)9-11-19)32-16(2)22(30)25-14-17-6-12-20(31-5)13-7-17/h6-13,15-16H,14H2,1-5H3,(H,25,30). The Morgan fingerprint density at radius 2 is 1.78 bits per heavy atom. The van der Waals surface area contributed by atoms with Crippen LogP contribution in [0.1, 0.15) is 31.3 Å². The Hall–Kier alpha value is -2.91. The van der Waals surface area contributed by atoms with Crippen molar-refractivity contribution in [2.24, 2.45) is 0 Å². The summed E-state index contributed by atoms with van der Waals surface area (Å²) in [5.41, 5.74) is 1.72. The van der Waals surface area contributed by atoms with Gasteiger partial charge >= 0.3 is 0 Å². The van der Waals surface area contributed by atoms with Crippen molar-refractivity contribution >= 4 is 17.7 Å². The third-order valence-electron chi connectivity index (χ3n) is 5.17. The Kier molecular flexibility index (Phi) is 7.87. The van der Waals surface area contributed by atoms with Crippen LogP contribution in [-0.2, 0) is 11.3 Å². The van der Waals surface area contributed by atoms with E-state index in [0.29, 0.717) is 11.7 Å². The third kappa shape index (κ3) is 5.66. The molecule has 0 aliphatic rings. The first kappa shape index (κ1) is 23.7. The highest BCUT2D eigenvalue weighted by Crippen LogP contribution is 2.29. The highest BCUT2D eigenvalue weighted by atomic mass is 32.2. The molecule has 0 spiro atoms. The normalized spacial score (nSPS) is 13.1. The second kappa shape index (κ2) is 10.6. The summed E-state index contributed by atoms with van der Waals surface area (Å²) in [5.74, 6) is 1.06. The lowest BCUT2D eigenvalue weighted by molar-refractivity contribution is -0.120. The van der Waals surface area contributed by atoms with Crippen LogP contribution in [0.2, 0.25) is 0 Å². The van der Waals surface area contributed by atoms with Crippen LogP contribution in [0, 0.1) is 5.82 Å². The van der Waals surface area contributed by atoms with Crippen LogP contribution in [-0.4, -0.2) is 52.0 Å². The van der Waals surface area contributed by atoms with Crippen molar-refractivity contribution in [3.8, 4) is 11.4 Å². The van der Waals surface area contributed by atoms with Crippen molar-refractivity contribution in [1.82, 2.24) is 25.0 Å². The molecule has 2 unspecified atom stereocenters. The summed E-state index contributed by atoms with van der Waals surface area (Å²) in [5, 5.41) is 11.8. The summed E-state index contributed by atoms with van der Waals surface area (Å²) < 4.78 is 20.5. The van der Waals surface area contributed by atoms with Crippen molar-refractivity contribution in [3.05, 3.63) is 65.7 Å². The number of aromatic nitrogens is 3. The van der Waals surface area contributed by atoms with Gasteiger partial charge in [0.1, 0.15) is 11.6 Å². The van der Waals surface area contributed by atoms with E-state index >= 15 is 0 Å². The molecule has 7 nitrogen and oxygen atoms in total. The van der Waals surface area contributed by atoms with Crippen LogP contribution in [0.15, 0.2) is 53.7 Å². The first-order valence-electron chi connectivity index (χ1n) is 10.2. The Balaban J connectivity index is 1.76. The molecule has 1 amide bonds. The molecule has 2 aromatic carbocycles. The molecule has 0 fully saturated rings. The van der Waals surface area contributed by atoms with Gasteiger partial charge in [-0.3, -0.25) is 14.3 Å². The fraction of sp³-hybridized carbons (Fsp3) is 0.348. The Morgan fingerprint density at radius 3 is 2.38 bits per heavy atom. The summed E-state index contributed by atoms with van der Waals surface area (Å²) in [6.45, 7) is 4.26. The molecule has 0 aliphatic carbocycles. The van der Waals surface area contributed by atoms with E-state index in [0.717, 1.165) is 22.8 Å². The summed E-state index contributed by atoms with van der Waals surface area (Å²) in [7, 11) is 5.53. The molecule has 170 valence electrons. The fourth-order valence-corrected chi connectivity index (χ4v) is 3.88. The van der Waals surface area contributed by atoms with Crippen LogP contribution in [0.25, 0.3) is 5.69 Å². The summed E-state index contributed by atoms with van der Waals surface area (Å²) in [6, 6.07) is 13.7. The van der Waals surface area contributed by atoms with Gasteiger partial charge in [0.15, 0.2) is 11.0 Å². The second-order valence-corrected chi connectivity index (χ2v) is 8.93. The Morgan fingerprint density at radius 1 is 1.12 bits per heavy atom. The number of hydrogen-bond acceptors (Lipinski definition) is 6. The molecule has 1 heterocycles. The number of thioether (sulfide) groups is 1. The first-order chi connectivity index (χ1) is 15.3. The topological polar surface area (TPSA) is 72.3 Å². The second-order valence-electron chi connectivity index (χ2n) is 7.62. The maximum absolute atomic E-state index is 13.5. The SMILES string of the molecule is COc1ccc(CNC(=O)C(C)Sc2nnc(C(C)N(C)C)n2-c2ccc(F)cc2)cc1. The number of nitrogens with one attached hydrogen (secondary N) is 1. The predicted octanol–water partition coefficient (Wildman–Crippen LogP) is 3.83. The van der Waals surface area contributed by atoms with Crippen LogP contribution in [0.5, 0.6) is 5.75 Å². The lowest BCUT2D eigenvalue weighted by atomic mass is 10.2. The molecule has 3 aromatic rings. The quantitative estimate of drug-likeness (QED) is 0.493. The highest BCUT2D eigenvalue weighted by Gasteiger charge is 2.24. The molecular weight excluding hydrogens is 429 g/mol.